The third-order valence-electron chi connectivity index (χ3n) is 5.87. The summed E-state index contributed by atoms with van der Waals surface area (Å²) in [6.45, 7) is 9.68. The van der Waals surface area contributed by atoms with Crippen LogP contribution in [0.5, 0.6) is 23.1 Å². The van der Waals surface area contributed by atoms with Crippen LogP contribution in [0.2, 0.25) is 0 Å². The van der Waals surface area contributed by atoms with Gasteiger partial charge in [-0.05, 0) is 71.2 Å². The molecule has 0 fully saturated rings. The number of halogens is 3. The molecule has 0 bridgehead atoms. The van der Waals surface area contributed by atoms with Gasteiger partial charge >= 0.3 is 12.3 Å². The fraction of sp³-hybridized carbons (Fsp3) is 0.448. The van der Waals surface area contributed by atoms with Crippen molar-refractivity contribution >= 4 is 22.7 Å². The Morgan fingerprint density at radius 2 is 1.80 bits per heavy atom. The van der Waals surface area contributed by atoms with E-state index in [1.54, 1.807) is 32.9 Å². The summed E-state index contributed by atoms with van der Waals surface area (Å²) in [7, 11) is 2.96. The predicted octanol–water partition coefficient (Wildman–Crippen LogP) is 7.48. The second-order valence-corrected chi connectivity index (χ2v) is 10.4. The summed E-state index contributed by atoms with van der Waals surface area (Å²) >= 11 is 0. The number of benzene rings is 2. The molecule has 1 aromatic heterocycles. The van der Waals surface area contributed by atoms with Gasteiger partial charge in [-0.2, -0.15) is 13.2 Å². The van der Waals surface area contributed by atoms with Crippen molar-refractivity contribution in [1.29, 1.82) is 0 Å². The third-order valence-corrected chi connectivity index (χ3v) is 5.87. The van der Waals surface area contributed by atoms with Crippen molar-refractivity contribution in [2.45, 2.75) is 65.3 Å². The summed E-state index contributed by atoms with van der Waals surface area (Å²) < 4.78 is 62.2. The molecule has 3 rings (SSSR count). The van der Waals surface area contributed by atoms with Crippen LogP contribution in [-0.2, 0) is 10.9 Å². The molecule has 1 unspecified atom stereocenters. The normalized spacial score (nSPS) is 12.6. The van der Waals surface area contributed by atoms with Gasteiger partial charge in [0.15, 0.2) is 11.5 Å². The van der Waals surface area contributed by atoms with Crippen molar-refractivity contribution in [3.05, 3.63) is 47.5 Å². The minimum atomic E-state index is -4.51. The Balaban J connectivity index is 1.89. The van der Waals surface area contributed by atoms with Gasteiger partial charge in [0, 0.05) is 24.7 Å². The monoisotopic (exact) mass is 563 g/mol. The van der Waals surface area contributed by atoms with Crippen LogP contribution < -0.4 is 24.8 Å². The summed E-state index contributed by atoms with van der Waals surface area (Å²) in [4.78, 5) is 16.5. The van der Waals surface area contributed by atoms with Crippen molar-refractivity contribution in [3.63, 3.8) is 0 Å². The quantitative estimate of drug-likeness (QED) is 0.247. The molecule has 2 N–H and O–H groups in total. The Morgan fingerprint density at radius 1 is 1.07 bits per heavy atom. The first-order valence-corrected chi connectivity index (χ1v) is 12.9. The number of alkyl carbamates (subject to hydrolysis) is 1. The van der Waals surface area contributed by atoms with Crippen molar-refractivity contribution < 1.29 is 36.9 Å². The summed E-state index contributed by atoms with van der Waals surface area (Å²) in [6.07, 6.45) is -3.57. The number of hydrogen-bond donors (Lipinski definition) is 2. The molecule has 0 saturated heterocycles. The predicted molar refractivity (Wildman–Crippen MR) is 148 cm³/mol. The molecule has 0 aliphatic carbocycles. The van der Waals surface area contributed by atoms with Gasteiger partial charge in [-0.1, -0.05) is 6.07 Å². The van der Waals surface area contributed by atoms with E-state index in [2.05, 4.69) is 15.6 Å². The average Bonchev–Trinajstić information content (AvgIpc) is 2.86. The molecule has 1 atom stereocenters. The lowest BCUT2D eigenvalue weighted by Gasteiger charge is -2.22. The molecule has 0 spiro atoms. The van der Waals surface area contributed by atoms with Crippen molar-refractivity contribution in [2.24, 2.45) is 0 Å². The zero-order chi connectivity index (χ0) is 29.7. The molecule has 0 aliphatic rings. The third kappa shape index (κ3) is 8.06. The number of hydrogen-bond acceptors (Lipinski definition) is 7. The number of anilines is 1. The fourth-order valence-electron chi connectivity index (χ4n) is 4.08. The number of fused-ring (bicyclic) bond motifs is 1. The van der Waals surface area contributed by atoms with Crippen LogP contribution >= 0.6 is 0 Å². The van der Waals surface area contributed by atoms with E-state index in [4.69, 9.17) is 18.9 Å². The molecule has 8 nitrogen and oxygen atoms in total. The number of nitrogens with zero attached hydrogens (tertiary/aromatic N) is 1. The highest BCUT2D eigenvalue weighted by Gasteiger charge is 2.31. The molecule has 11 heteroatoms. The highest BCUT2D eigenvalue weighted by Crippen LogP contribution is 2.45. The average molecular weight is 564 g/mol. The summed E-state index contributed by atoms with van der Waals surface area (Å²) in [6, 6.07) is 8.05. The van der Waals surface area contributed by atoms with E-state index >= 15 is 0 Å². The molecule has 218 valence electrons. The lowest BCUT2D eigenvalue weighted by atomic mass is 10.1. The second kappa shape index (κ2) is 12.5. The molecule has 0 radical (unpaired) electrons. The topological polar surface area (TPSA) is 90.9 Å². The number of pyridine rings is 1. The second-order valence-electron chi connectivity index (χ2n) is 10.4. The highest BCUT2D eigenvalue weighted by atomic mass is 19.4. The number of nitrogens with one attached hydrogen (secondary N) is 2. The standard InChI is InChI=1S/C29H36F3N3O5/c1-17-14-23(38-7)35-25-21(34-18(2)10-9-13-33-27(36)40-28(3,4)5)16-22(37-6)26(24(17)25)39-20-12-8-11-19(15-20)29(30,31)32/h8,11-12,14-16,18,34H,9-10,13H2,1-7H3,(H,33,36). The van der Waals surface area contributed by atoms with E-state index in [-0.39, 0.29) is 17.5 Å². The Bertz CT molecular complexity index is 1340. The van der Waals surface area contributed by atoms with Crippen molar-refractivity contribution in [3.8, 4) is 23.1 Å². The summed E-state index contributed by atoms with van der Waals surface area (Å²) in [5.41, 5.74) is 0.497. The molecule has 3 aromatic rings. The number of carbonyl (C=O) groups excluding carboxylic acids is 1. The first kappa shape index (κ1) is 30.6. The highest BCUT2D eigenvalue weighted by molar-refractivity contribution is 6.00. The zero-order valence-corrected chi connectivity index (χ0v) is 23.8. The number of amides is 1. The van der Waals surface area contributed by atoms with Crippen LogP contribution in [0.1, 0.15) is 51.7 Å². The number of rotatable bonds is 10. The van der Waals surface area contributed by atoms with Gasteiger partial charge in [0.2, 0.25) is 5.88 Å². The number of aryl methyl sites for hydroxylation is 1. The van der Waals surface area contributed by atoms with E-state index in [9.17, 15) is 18.0 Å². The van der Waals surface area contributed by atoms with Crippen molar-refractivity contribution in [2.75, 3.05) is 26.1 Å². The Kier molecular flexibility index (Phi) is 9.60. The van der Waals surface area contributed by atoms with E-state index in [1.807, 2.05) is 13.8 Å². The molecule has 1 amide bonds. The number of methoxy groups -OCH3 is 2. The molecular weight excluding hydrogens is 527 g/mol. The summed E-state index contributed by atoms with van der Waals surface area (Å²) in [5, 5.41) is 6.75. The van der Waals surface area contributed by atoms with Crippen LogP contribution in [0.25, 0.3) is 10.9 Å². The Morgan fingerprint density at radius 3 is 2.42 bits per heavy atom. The maximum Gasteiger partial charge on any atom is 0.416 e. The van der Waals surface area contributed by atoms with Gasteiger partial charge in [0.1, 0.15) is 16.9 Å². The van der Waals surface area contributed by atoms with Crippen molar-refractivity contribution in [1.82, 2.24) is 10.3 Å². The lowest BCUT2D eigenvalue weighted by Crippen LogP contribution is -2.33. The fourth-order valence-corrected chi connectivity index (χ4v) is 4.08. The van der Waals surface area contributed by atoms with Crippen LogP contribution in [0.3, 0.4) is 0 Å². The molecule has 1 heterocycles. The van der Waals surface area contributed by atoms with Crippen LogP contribution in [0.15, 0.2) is 36.4 Å². The minimum absolute atomic E-state index is 0.0104. The number of alkyl halides is 3. The van der Waals surface area contributed by atoms with Gasteiger partial charge in [0.25, 0.3) is 0 Å². The Labute approximate surface area is 232 Å². The first-order valence-electron chi connectivity index (χ1n) is 12.9. The van der Waals surface area contributed by atoms with Gasteiger partial charge in [-0.3, -0.25) is 0 Å². The van der Waals surface area contributed by atoms with Crippen LogP contribution in [0.4, 0.5) is 23.7 Å². The molecule has 2 aromatic carbocycles. The zero-order valence-electron chi connectivity index (χ0n) is 23.8. The number of ether oxygens (including phenoxy) is 4. The van der Waals surface area contributed by atoms with E-state index in [0.717, 1.165) is 17.7 Å². The largest absolute Gasteiger partial charge is 0.493 e. The Hall–Kier alpha value is -3.89. The van der Waals surface area contributed by atoms with Gasteiger partial charge in [0.05, 0.1) is 30.9 Å². The molecule has 0 saturated carbocycles. The minimum Gasteiger partial charge on any atom is -0.493 e. The first-order chi connectivity index (χ1) is 18.7. The molecular formula is C29H36F3N3O5. The number of aromatic nitrogens is 1. The molecule has 0 aliphatic heterocycles. The maximum atomic E-state index is 13.3. The lowest BCUT2D eigenvalue weighted by molar-refractivity contribution is -0.137. The van der Waals surface area contributed by atoms with Gasteiger partial charge in [-0.25, -0.2) is 9.78 Å². The van der Waals surface area contributed by atoms with E-state index < -0.39 is 23.4 Å². The number of carbonyl (C=O) groups is 1. The SMILES string of the molecule is COc1cc(C)c2c(Oc3cccc(C(F)(F)F)c3)c(OC)cc(NC(C)CCCNC(=O)OC(C)(C)C)c2n1. The van der Waals surface area contributed by atoms with Gasteiger partial charge in [-0.15, -0.1) is 0 Å². The van der Waals surface area contributed by atoms with Crippen LogP contribution in [-0.4, -0.2) is 43.5 Å². The van der Waals surface area contributed by atoms with E-state index in [1.165, 1.54) is 26.4 Å². The summed E-state index contributed by atoms with van der Waals surface area (Å²) in [5.74, 6) is 0.944. The van der Waals surface area contributed by atoms with Crippen LogP contribution in [0, 0.1) is 6.92 Å². The van der Waals surface area contributed by atoms with E-state index in [0.29, 0.717) is 47.6 Å². The smallest absolute Gasteiger partial charge is 0.416 e. The van der Waals surface area contributed by atoms with Gasteiger partial charge < -0.3 is 29.6 Å². The molecule has 40 heavy (non-hydrogen) atoms. The maximum absolute atomic E-state index is 13.3.